The van der Waals surface area contributed by atoms with Crippen molar-refractivity contribution in [1.29, 1.82) is 0 Å². The number of nitrogens with zero attached hydrogens (tertiary/aromatic N) is 2. The number of aromatic nitrogens is 2. The number of hydrogen-bond acceptors (Lipinski definition) is 2. The Bertz CT molecular complexity index is 687. The van der Waals surface area contributed by atoms with Gasteiger partial charge in [0.05, 0.1) is 10.6 Å². The molecule has 0 spiro atoms. The second-order valence-electron chi connectivity index (χ2n) is 4.31. The van der Waals surface area contributed by atoms with Gasteiger partial charge in [-0.2, -0.15) is 18.3 Å². The van der Waals surface area contributed by atoms with Crippen LogP contribution in [0, 0.1) is 0 Å². The Morgan fingerprint density at radius 1 is 1.29 bits per heavy atom. The predicted octanol–water partition coefficient (Wildman–Crippen LogP) is 3.99. The number of alkyl halides is 3. The van der Waals surface area contributed by atoms with Crippen molar-refractivity contribution in [3.63, 3.8) is 0 Å². The summed E-state index contributed by atoms with van der Waals surface area (Å²) in [6.07, 6.45) is -0.206. The molecule has 2 aromatic rings. The topological polar surface area (TPSA) is 34.9 Å². The van der Waals surface area contributed by atoms with Gasteiger partial charge in [0, 0.05) is 18.8 Å². The molecule has 3 nitrogen and oxygen atoms in total. The summed E-state index contributed by atoms with van der Waals surface area (Å²) in [5, 5.41) is 4.40. The van der Waals surface area contributed by atoms with Crippen LogP contribution in [0.5, 0.6) is 0 Å². The molecule has 110 valence electrons. The summed E-state index contributed by atoms with van der Waals surface area (Å²) in [4.78, 5) is 11.9. The largest absolute Gasteiger partial charge is 0.416 e. The monoisotopic (exact) mass is 314 g/mol. The molecule has 1 heterocycles. The molecule has 0 fully saturated rings. The maximum atomic E-state index is 12.4. The number of carbonyl (C=O) groups is 1. The molecular formula is C14H10ClF3N2O. The molecule has 0 atom stereocenters. The van der Waals surface area contributed by atoms with E-state index < -0.39 is 17.5 Å². The minimum atomic E-state index is -4.42. The second-order valence-corrected chi connectivity index (χ2v) is 4.72. The molecule has 2 rings (SSSR count). The normalized spacial score (nSPS) is 12.0. The molecule has 0 amide bonds. The van der Waals surface area contributed by atoms with E-state index in [9.17, 15) is 18.0 Å². The predicted molar refractivity (Wildman–Crippen MR) is 73.0 cm³/mol. The smallest absolute Gasteiger partial charge is 0.289 e. The van der Waals surface area contributed by atoms with E-state index in [1.54, 1.807) is 13.2 Å². The molecule has 0 aliphatic carbocycles. The van der Waals surface area contributed by atoms with Crippen LogP contribution in [-0.2, 0) is 13.2 Å². The Labute approximate surface area is 123 Å². The minimum Gasteiger partial charge on any atom is -0.289 e. The fourth-order valence-electron chi connectivity index (χ4n) is 1.66. The summed E-state index contributed by atoms with van der Waals surface area (Å²) < 4.78 is 38.7. The maximum absolute atomic E-state index is 12.4. The zero-order valence-corrected chi connectivity index (χ0v) is 11.6. The molecule has 0 saturated heterocycles. The zero-order chi connectivity index (χ0) is 15.6. The van der Waals surface area contributed by atoms with Crippen molar-refractivity contribution in [2.24, 2.45) is 7.05 Å². The van der Waals surface area contributed by atoms with Gasteiger partial charge in [0.25, 0.3) is 0 Å². The number of allylic oxidation sites excluding steroid dienone is 1. The molecule has 0 N–H and O–H groups in total. The number of ketones is 1. The first-order chi connectivity index (χ1) is 9.77. The van der Waals surface area contributed by atoms with Crippen molar-refractivity contribution in [1.82, 2.24) is 9.78 Å². The summed E-state index contributed by atoms with van der Waals surface area (Å²) in [6, 6.07) is 4.01. The summed E-state index contributed by atoms with van der Waals surface area (Å²) in [7, 11) is 1.68. The van der Waals surface area contributed by atoms with E-state index in [1.165, 1.54) is 16.8 Å². The molecule has 0 bridgehead atoms. The van der Waals surface area contributed by atoms with Gasteiger partial charge in [0.2, 0.25) is 0 Å². The van der Waals surface area contributed by atoms with Crippen molar-refractivity contribution in [2.45, 2.75) is 6.18 Å². The van der Waals surface area contributed by atoms with Crippen LogP contribution in [0.1, 0.15) is 21.6 Å². The van der Waals surface area contributed by atoms with E-state index in [0.29, 0.717) is 10.7 Å². The number of rotatable bonds is 3. The molecule has 7 heteroatoms. The van der Waals surface area contributed by atoms with Crippen LogP contribution in [0.25, 0.3) is 6.08 Å². The van der Waals surface area contributed by atoms with Gasteiger partial charge in [0.15, 0.2) is 5.78 Å². The van der Waals surface area contributed by atoms with Crippen LogP contribution in [-0.4, -0.2) is 15.6 Å². The molecule has 0 aliphatic rings. The molecule has 1 aromatic heterocycles. The van der Waals surface area contributed by atoms with Crippen molar-refractivity contribution in [2.75, 3.05) is 0 Å². The van der Waals surface area contributed by atoms with Crippen molar-refractivity contribution >= 4 is 23.5 Å². The average Bonchev–Trinajstić information content (AvgIpc) is 2.73. The Kier molecular flexibility index (Phi) is 4.18. The third-order valence-corrected chi connectivity index (χ3v) is 2.99. The lowest BCUT2D eigenvalue weighted by Gasteiger charge is -2.06. The summed E-state index contributed by atoms with van der Waals surface area (Å²) >= 11 is 5.87. The third kappa shape index (κ3) is 3.72. The SMILES string of the molecule is Cn1cc(Cl)c(C=CC(=O)c2ccc(C(F)(F)F)cc2)n1. The molecule has 0 radical (unpaired) electrons. The van der Waals surface area contributed by atoms with E-state index in [0.717, 1.165) is 24.3 Å². The van der Waals surface area contributed by atoms with Crippen molar-refractivity contribution in [3.8, 4) is 0 Å². The maximum Gasteiger partial charge on any atom is 0.416 e. The summed E-state index contributed by atoms with van der Waals surface area (Å²) in [5.74, 6) is -0.426. The van der Waals surface area contributed by atoms with E-state index in [2.05, 4.69) is 5.10 Å². The highest BCUT2D eigenvalue weighted by molar-refractivity contribution is 6.31. The van der Waals surface area contributed by atoms with E-state index in [-0.39, 0.29) is 5.56 Å². The number of hydrogen-bond donors (Lipinski definition) is 0. The van der Waals surface area contributed by atoms with Gasteiger partial charge < -0.3 is 0 Å². The Morgan fingerprint density at radius 2 is 1.90 bits per heavy atom. The van der Waals surface area contributed by atoms with Crippen molar-refractivity contribution < 1.29 is 18.0 Å². The van der Waals surface area contributed by atoms with Crippen LogP contribution in [0.15, 0.2) is 36.5 Å². The fourth-order valence-corrected chi connectivity index (χ4v) is 1.91. The van der Waals surface area contributed by atoms with Crippen LogP contribution >= 0.6 is 11.6 Å². The molecule has 0 saturated carbocycles. The van der Waals surface area contributed by atoms with Crippen LogP contribution < -0.4 is 0 Å². The van der Waals surface area contributed by atoms with Gasteiger partial charge in [-0.15, -0.1) is 0 Å². The number of halogens is 4. The summed E-state index contributed by atoms with van der Waals surface area (Å²) in [5.41, 5.74) is -0.221. The minimum absolute atomic E-state index is 0.159. The lowest BCUT2D eigenvalue weighted by atomic mass is 10.1. The van der Waals surface area contributed by atoms with E-state index >= 15 is 0 Å². The van der Waals surface area contributed by atoms with Gasteiger partial charge in [-0.05, 0) is 24.3 Å². The molecular weight excluding hydrogens is 305 g/mol. The van der Waals surface area contributed by atoms with E-state index in [1.807, 2.05) is 0 Å². The molecule has 1 aromatic carbocycles. The quantitative estimate of drug-likeness (QED) is 0.634. The van der Waals surface area contributed by atoms with Crippen molar-refractivity contribution in [3.05, 3.63) is 58.4 Å². The van der Waals surface area contributed by atoms with Crippen LogP contribution in [0.2, 0.25) is 5.02 Å². The summed E-state index contributed by atoms with van der Waals surface area (Å²) in [6.45, 7) is 0. The lowest BCUT2D eigenvalue weighted by Crippen LogP contribution is -2.05. The van der Waals surface area contributed by atoms with Crippen LogP contribution in [0.3, 0.4) is 0 Å². The number of benzene rings is 1. The first-order valence-corrected chi connectivity index (χ1v) is 6.24. The van der Waals surface area contributed by atoms with E-state index in [4.69, 9.17) is 11.6 Å². The van der Waals surface area contributed by atoms with Gasteiger partial charge in [0.1, 0.15) is 5.69 Å². The average molecular weight is 315 g/mol. The molecule has 0 aliphatic heterocycles. The van der Waals surface area contributed by atoms with Gasteiger partial charge in [-0.3, -0.25) is 9.48 Å². The highest BCUT2D eigenvalue weighted by atomic mass is 35.5. The highest BCUT2D eigenvalue weighted by Crippen LogP contribution is 2.29. The molecule has 0 unspecified atom stereocenters. The Morgan fingerprint density at radius 3 is 2.38 bits per heavy atom. The molecule has 21 heavy (non-hydrogen) atoms. The highest BCUT2D eigenvalue weighted by Gasteiger charge is 2.30. The fraction of sp³-hybridized carbons (Fsp3) is 0.143. The number of carbonyl (C=O) groups excluding carboxylic acids is 1. The lowest BCUT2D eigenvalue weighted by molar-refractivity contribution is -0.137. The van der Waals surface area contributed by atoms with Gasteiger partial charge in [-0.25, -0.2) is 0 Å². The first kappa shape index (κ1) is 15.3. The van der Waals surface area contributed by atoms with Gasteiger partial charge >= 0.3 is 6.18 Å². The second kappa shape index (κ2) is 5.73. The van der Waals surface area contributed by atoms with Gasteiger partial charge in [-0.1, -0.05) is 23.7 Å². The standard InChI is InChI=1S/C14H10ClF3N2O/c1-20-8-11(15)12(19-20)6-7-13(21)9-2-4-10(5-3-9)14(16,17)18/h2-8H,1H3. The number of aryl methyl sites for hydroxylation is 1. The Balaban J connectivity index is 2.15. The van der Waals surface area contributed by atoms with Crippen LogP contribution in [0.4, 0.5) is 13.2 Å². The Hall–Kier alpha value is -2.08. The first-order valence-electron chi connectivity index (χ1n) is 5.86. The third-order valence-electron chi connectivity index (χ3n) is 2.70. The zero-order valence-electron chi connectivity index (χ0n) is 10.9.